The van der Waals surface area contributed by atoms with Gasteiger partial charge in [0.1, 0.15) is 16.5 Å². The average Bonchev–Trinajstić information content (AvgIpc) is 2.85. The summed E-state index contributed by atoms with van der Waals surface area (Å²) in [6.07, 6.45) is 0. The van der Waals surface area contributed by atoms with Gasteiger partial charge in [0, 0.05) is 11.4 Å². The molecule has 0 aliphatic rings. The highest BCUT2D eigenvalue weighted by Gasteiger charge is 2.12. The number of nitrogens with one attached hydrogen (secondary N) is 1. The number of nitrogens with zero attached hydrogens (tertiary/aromatic N) is 3. The Labute approximate surface area is 117 Å². The Bertz CT molecular complexity index is 670. The minimum absolute atomic E-state index is 0.000334. The van der Waals surface area contributed by atoms with Gasteiger partial charge < -0.3 is 10.4 Å². The molecule has 0 unspecified atom stereocenters. The van der Waals surface area contributed by atoms with Crippen molar-refractivity contribution in [2.45, 2.75) is 13.5 Å². The highest BCUT2D eigenvalue weighted by atomic mass is 32.1. The predicted octanol–water partition coefficient (Wildman–Crippen LogP) is 2.07. The number of thiazole rings is 1. The van der Waals surface area contributed by atoms with E-state index in [1.54, 1.807) is 6.92 Å². The lowest BCUT2D eigenvalue weighted by atomic mass is 10.3. The van der Waals surface area contributed by atoms with Gasteiger partial charge in [-0.25, -0.2) is 14.8 Å². The lowest BCUT2D eigenvalue weighted by Gasteiger charge is -2.04. The summed E-state index contributed by atoms with van der Waals surface area (Å²) in [6.45, 7) is 1.86. The Morgan fingerprint density at radius 1 is 1.50 bits per heavy atom. The molecule has 0 radical (unpaired) electrons. The first-order valence-corrected chi connectivity index (χ1v) is 6.39. The fraction of sp³-hybridized carbons (Fsp3) is 0.182. The van der Waals surface area contributed by atoms with Crippen LogP contribution in [-0.2, 0) is 6.54 Å². The highest BCUT2D eigenvalue weighted by Crippen LogP contribution is 2.18. The van der Waals surface area contributed by atoms with Crippen LogP contribution in [0.1, 0.15) is 21.2 Å². The molecule has 0 saturated heterocycles. The molecule has 0 aromatic carbocycles. The molecule has 0 amide bonds. The van der Waals surface area contributed by atoms with Crippen molar-refractivity contribution < 1.29 is 14.8 Å². The molecule has 0 bridgehead atoms. The Hall–Kier alpha value is -2.55. The molecule has 2 aromatic rings. The van der Waals surface area contributed by atoms with E-state index in [0.717, 1.165) is 0 Å². The third-order valence-electron chi connectivity index (χ3n) is 2.45. The number of aromatic nitrogens is 2. The number of aromatic carboxylic acids is 1. The molecule has 20 heavy (non-hydrogen) atoms. The Morgan fingerprint density at radius 2 is 2.25 bits per heavy atom. The Kier molecular flexibility index (Phi) is 3.89. The van der Waals surface area contributed by atoms with Crippen molar-refractivity contribution in [2.75, 3.05) is 5.32 Å². The van der Waals surface area contributed by atoms with Gasteiger partial charge in [-0.2, -0.15) is 0 Å². The van der Waals surface area contributed by atoms with Crippen LogP contribution in [0.5, 0.6) is 0 Å². The molecule has 9 heteroatoms. The fourth-order valence-electron chi connectivity index (χ4n) is 1.50. The standard InChI is InChI=1S/C11H10N4O4S/c1-6-8(15(18)19)2-3-9(13-6)12-4-10-14-7(5-20-10)11(16)17/h2-3,5H,4H2,1H3,(H,12,13)(H,16,17). The van der Waals surface area contributed by atoms with E-state index in [9.17, 15) is 14.9 Å². The number of hydrogen-bond donors (Lipinski definition) is 2. The number of carboxylic acids is 1. The molecule has 8 nitrogen and oxygen atoms in total. The molecule has 0 spiro atoms. The molecular formula is C11H10N4O4S. The van der Waals surface area contributed by atoms with Gasteiger partial charge >= 0.3 is 5.97 Å². The summed E-state index contributed by atoms with van der Waals surface area (Å²) in [4.78, 5) is 28.8. The monoisotopic (exact) mass is 294 g/mol. The first-order valence-electron chi connectivity index (χ1n) is 5.51. The van der Waals surface area contributed by atoms with Crippen molar-refractivity contribution in [3.63, 3.8) is 0 Å². The normalized spacial score (nSPS) is 10.2. The van der Waals surface area contributed by atoms with Crippen LogP contribution in [0.25, 0.3) is 0 Å². The smallest absolute Gasteiger partial charge is 0.355 e. The fourth-order valence-corrected chi connectivity index (χ4v) is 2.21. The SMILES string of the molecule is Cc1nc(NCc2nc(C(=O)O)cs2)ccc1[N+](=O)[O-]. The molecule has 0 aliphatic heterocycles. The number of anilines is 1. The van der Waals surface area contributed by atoms with Crippen LogP contribution < -0.4 is 5.32 Å². The van der Waals surface area contributed by atoms with Gasteiger partial charge in [0.2, 0.25) is 0 Å². The molecular weight excluding hydrogens is 284 g/mol. The van der Waals surface area contributed by atoms with E-state index in [-0.39, 0.29) is 11.4 Å². The lowest BCUT2D eigenvalue weighted by Crippen LogP contribution is -2.04. The number of carbonyl (C=O) groups is 1. The van der Waals surface area contributed by atoms with Crippen LogP contribution in [0.15, 0.2) is 17.5 Å². The molecule has 0 fully saturated rings. The maximum Gasteiger partial charge on any atom is 0.355 e. The summed E-state index contributed by atoms with van der Waals surface area (Å²) in [7, 11) is 0. The molecule has 2 heterocycles. The first-order chi connectivity index (χ1) is 9.47. The summed E-state index contributed by atoms with van der Waals surface area (Å²) < 4.78 is 0. The van der Waals surface area contributed by atoms with E-state index in [0.29, 0.717) is 23.1 Å². The second kappa shape index (κ2) is 5.61. The zero-order valence-corrected chi connectivity index (χ0v) is 11.2. The van der Waals surface area contributed by atoms with Gasteiger partial charge in [0.15, 0.2) is 5.69 Å². The molecule has 104 valence electrons. The van der Waals surface area contributed by atoms with Crippen molar-refractivity contribution in [1.82, 2.24) is 9.97 Å². The third kappa shape index (κ3) is 3.06. The summed E-state index contributed by atoms with van der Waals surface area (Å²) in [5.74, 6) is -0.600. The number of carboxylic acid groups (broad SMARTS) is 1. The largest absolute Gasteiger partial charge is 0.476 e. The van der Waals surface area contributed by atoms with Crippen LogP contribution in [0.2, 0.25) is 0 Å². The highest BCUT2D eigenvalue weighted by molar-refractivity contribution is 7.09. The van der Waals surface area contributed by atoms with Crippen LogP contribution in [0.3, 0.4) is 0 Å². The van der Waals surface area contributed by atoms with E-state index in [4.69, 9.17) is 5.11 Å². The van der Waals surface area contributed by atoms with Crippen molar-refractivity contribution in [2.24, 2.45) is 0 Å². The number of rotatable bonds is 5. The van der Waals surface area contributed by atoms with E-state index in [2.05, 4.69) is 15.3 Å². The molecule has 0 saturated carbocycles. The number of aryl methyl sites for hydroxylation is 1. The van der Waals surface area contributed by atoms with Crippen LogP contribution in [0, 0.1) is 17.0 Å². The Balaban J connectivity index is 2.05. The van der Waals surface area contributed by atoms with Crippen molar-refractivity contribution in [1.29, 1.82) is 0 Å². The van der Waals surface area contributed by atoms with Crippen molar-refractivity contribution >= 4 is 28.8 Å². The molecule has 0 atom stereocenters. The third-order valence-corrected chi connectivity index (χ3v) is 3.30. The topological polar surface area (TPSA) is 118 Å². The molecule has 2 N–H and O–H groups in total. The van der Waals surface area contributed by atoms with Gasteiger partial charge in [-0.1, -0.05) is 0 Å². The van der Waals surface area contributed by atoms with E-state index in [1.807, 2.05) is 0 Å². The summed E-state index contributed by atoms with van der Waals surface area (Å²) in [6, 6.07) is 2.87. The maximum atomic E-state index is 10.7. The van der Waals surface area contributed by atoms with Crippen molar-refractivity contribution in [3.05, 3.63) is 44.0 Å². The van der Waals surface area contributed by atoms with E-state index >= 15 is 0 Å². The molecule has 0 aliphatic carbocycles. The second-order valence-corrected chi connectivity index (χ2v) is 4.79. The summed E-state index contributed by atoms with van der Waals surface area (Å²) in [5, 5.41) is 24.4. The van der Waals surface area contributed by atoms with Crippen LogP contribution in [0.4, 0.5) is 11.5 Å². The zero-order valence-electron chi connectivity index (χ0n) is 10.4. The minimum Gasteiger partial charge on any atom is -0.476 e. The predicted molar refractivity (Wildman–Crippen MR) is 72.0 cm³/mol. The van der Waals surface area contributed by atoms with Gasteiger partial charge in [-0.3, -0.25) is 10.1 Å². The van der Waals surface area contributed by atoms with Gasteiger partial charge in [0.25, 0.3) is 5.69 Å². The number of hydrogen-bond acceptors (Lipinski definition) is 7. The Morgan fingerprint density at radius 3 is 2.80 bits per heavy atom. The zero-order chi connectivity index (χ0) is 14.7. The van der Waals surface area contributed by atoms with Gasteiger partial charge in [-0.15, -0.1) is 11.3 Å². The lowest BCUT2D eigenvalue weighted by molar-refractivity contribution is -0.385. The first kappa shape index (κ1) is 13.9. The minimum atomic E-state index is -1.07. The average molecular weight is 294 g/mol. The molecule has 2 aromatic heterocycles. The second-order valence-electron chi connectivity index (χ2n) is 3.84. The maximum absolute atomic E-state index is 10.7. The van der Waals surface area contributed by atoms with Crippen molar-refractivity contribution in [3.8, 4) is 0 Å². The van der Waals surface area contributed by atoms with Crippen LogP contribution in [-0.4, -0.2) is 26.0 Å². The number of pyridine rings is 1. The quantitative estimate of drug-likeness (QED) is 0.640. The van der Waals surface area contributed by atoms with E-state index < -0.39 is 10.9 Å². The van der Waals surface area contributed by atoms with E-state index in [1.165, 1.54) is 28.8 Å². The molecule has 2 rings (SSSR count). The van der Waals surface area contributed by atoms with Gasteiger partial charge in [-0.05, 0) is 13.0 Å². The summed E-state index contributed by atoms with van der Waals surface area (Å²) in [5.41, 5.74) is 0.267. The van der Waals surface area contributed by atoms with Crippen LogP contribution >= 0.6 is 11.3 Å². The number of nitro groups is 1. The van der Waals surface area contributed by atoms with Gasteiger partial charge in [0.05, 0.1) is 11.5 Å². The summed E-state index contributed by atoms with van der Waals surface area (Å²) >= 11 is 1.22.